The fourth-order valence-corrected chi connectivity index (χ4v) is 7.77. The minimum absolute atomic E-state index is 0. The van der Waals surface area contributed by atoms with Gasteiger partial charge in [0.15, 0.2) is 0 Å². The zero-order valence-corrected chi connectivity index (χ0v) is 12.5. The Morgan fingerprint density at radius 3 is 1.47 bits per heavy atom. The van der Waals surface area contributed by atoms with E-state index in [-0.39, 0.29) is 43.0 Å². The van der Waals surface area contributed by atoms with E-state index in [1.807, 2.05) is 0 Å². The molecule has 0 nitrogen and oxygen atoms in total. The Morgan fingerprint density at radius 2 is 1.00 bits per heavy atom. The number of hydrogen-bond acceptors (Lipinski definition) is 0. The normalized spacial score (nSPS) is 13.3. The van der Waals surface area contributed by atoms with Crippen LogP contribution < -0.4 is 8.70 Å². The second-order valence-corrected chi connectivity index (χ2v) is 8.18. The number of fused-ring (bicyclic) bond motifs is 2. The van der Waals surface area contributed by atoms with E-state index in [9.17, 15) is 0 Å². The number of rotatable bonds is 0. The van der Waals surface area contributed by atoms with E-state index in [0.29, 0.717) is 0 Å². The van der Waals surface area contributed by atoms with Gasteiger partial charge in [0.05, 0.1) is 0 Å². The van der Waals surface area contributed by atoms with Crippen molar-refractivity contribution in [3.8, 4) is 0 Å². The van der Waals surface area contributed by atoms with Gasteiger partial charge in [0.25, 0.3) is 0 Å². The Hall–Kier alpha value is -0.153. The van der Waals surface area contributed by atoms with Gasteiger partial charge in [-0.15, -0.1) is 12.4 Å². The van der Waals surface area contributed by atoms with Crippen molar-refractivity contribution in [1.82, 2.24) is 0 Å². The summed E-state index contributed by atoms with van der Waals surface area (Å²) in [7, 11) is 0. The number of benzene rings is 2. The molecule has 0 spiro atoms. The summed E-state index contributed by atoms with van der Waals surface area (Å²) in [5.41, 5.74) is 0. The van der Waals surface area contributed by atoms with Crippen molar-refractivity contribution in [3.63, 3.8) is 0 Å². The fourth-order valence-electron chi connectivity index (χ4n) is 1.57. The fraction of sp³-hybridized carbons (Fsp3) is 0. The average molecular weight is 339 g/mol. The molecule has 0 aliphatic carbocycles. The molecule has 0 amide bonds. The molecule has 2 aromatic rings. The van der Waals surface area contributed by atoms with Crippen molar-refractivity contribution in [2.45, 2.75) is 0 Å². The van der Waals surface area contributed by atoms with Crippen molar-refractivity contribution in [3.05, 3.63) is 56.4 Å². The molecule has 1 heterocycles. The molecular weight excluding hydrogens is 329 g/mol. The van der Waals surface area contributed by atoms with E-state index in [0.717, 1.165) is 0 Å². The molecule has 3 rings (SSSR count). The molecule has 0 unspecified atom stereocenters. The van der Waals surface area contributed by atoms with E-state index in [2.05, 4.69) is 48.5 Å². The van der Waals surface area contributed by atoms with E-state index in [1.165, 1.54) is 0 Å². The monoisotopic (exact) mass is 338 g/mol. The second kappa shape index (κ2) is 4.79. The zero-order valence-electron chi connectivity index (χ0n) is 7.92. The molecule has 0 fully saturated rings. The Kier molecular flexibility index (Phi) is 3.62. The van der Waals surface area contributed by atoms with Gasteiger partial charge in [0.2, 0.25) is 0 Å². The Bertz CT molecular complexity index is 551. The SMILES string of the molecule is Cl.c1ccc2c(c1)[As]=c1ccccc1=[As]2. The minimum atomic E-state index is 0. The third-order valence-corrected chi connectivity index (χ3v) is 9.20. The van der Waals surface area contributed by atoms with Crippen molar-refractivity contribution in [2.75, 3.05) is 0 Å². The van der Waals surface area contributed by atoms with Gasteiger partial charge in [-0.2, -0.15) is 0 Å². The van der Waals surface area contributed by atoms with Crippen LogP contribution in [0.4, 0.5) is 0 Å². The standard InChI is InChI=1S/C12H8As2.ClH/c1-2-6-10-9(5-1)13-11-7-3-4-8-12(11)14-10;/h1-8H;1H. The molecule has 0 radical (unpaired) electrons. The maximum absolute atomic E-state index is 2.31. The molecule has 1 aliphatic heterocycles. The number of halogens is 1. The van der Waals surface area contributed by atoms with Gasteiger partial charge in [0, 0.05) is 0 Å². The Labute approximate surface area is 108 Å². The van der Waals surface area contributed by atoms with Gasteiger partial charge in [-0.1, -0.05) is 0 Å². The topological polar surface area (TPSA) is 0 Å². The van der Waals surface area contributed by atoms with Gasteiger partial charge in [0.1, 0.15) is 0 Å². The summed E-state index contributed by atoms with van der Waals surface area (Å²) in [5, 5.41) is 0. The molecule has 0 saturated heterocycles. The first kappa shape index (κ1) is 11.3. The van der Waals surface area contributed by atoms with Crippen LogP contribution in [0, 0.1) is 7.90 Å². The molecule has 3 heteroatoms. The van der Waals surface area contributed by atoms with Crippen molar-refractivity contribution in [1.29, 1.82) is 0 Å². The molecular formula is C12H9As2Cl. The van der Waals surface area contributed by atoms with Crippen LogP contribution >= 0.6 is 12.4 Å². The molecule has 0 N–H and O–H groups in total. The summed E-state index contributed by atoms with van der Waals surface area (Å²) >= 11 is 0.501. The first-order chi connectivity index (χ1) is 6.93. The van der Waals surface area contributed by atoms with Crippen molar-refractivity contribution < 1.29 is 0 Å². The first-order valence-electron chi connectivity index (χ1n) is 4.55. The van der Waals surface area contributed by atoms with Gasteiger partial charge in [-0.05, 0) is 0 Å². The molecule has 74 valence electrons. The van der Waals surface area contributed by atoms with Crippen LogP contribution in [-0.2, 0) is 0 Å². The second-order valence-electron chi connectivity index (χ2n) is 3.20. The van der Waals surface area contributed by atoms with Crippen LogP contribution in [0.25, 0.3) is 0 Å². The molecule has 2 aromatic carbocycles. The summed E-state index contributed by atoms with van der Waals surface area (Å²) in [5.74, 6) is 0. The van der Waals surface area contributed by atoms with Crippen molar-refractivity contribution in [2.24, 2.45) is 0 Å². The van der Waals surface area contributed by atoms with Crippen LogP contribution in [0.5, 0.6) is 0 Å². The van der Waals surface area contributed by atoms with Crippen LogP contribution in [0.15, 0.2) is 48.5 Å². The molecule has 0 saturated carbocycles. The van der Waals surface area contributed by atoms with E-state index in [1.54, 1.807) is 16.6 Å². The van der Waals surface area contributed by atoms with Crippen LogP contribution in [-0.4, -0.2) is 30.6 Å². The van der Waals surface area contributed by atoms with Crippen LogP contribution in [0.3, 0.4) is 0 Å². The first-order valence-corrected chi connectivity index (χ1v) is 8.30. The molecule has 0 atom stereocenters. The summed E-state index contributed by atoms with van der Waals surface area (Å²) in [4.78, 5) is 0. The third-order valence-electron chi connectivity index (χ3n) is 2.25. The van der Waals surface area contributed by atoms with Gasteiger partial charge in [-0.3, -0.25) is 0 Å². The summed E-state index contributed by atoms with van der Waals surface area (Å²) in [6, 6.07) is 17.9. The number of hydrogen-bond donors (Lipinski definition) is 0. The summed E-state index contributed by atoms with van der Waals surface area (Å²) < 4.78 is 6.51. The predicted molar refractivity (Wildman–Crippen MR) is 68.6 cm³/mol. The van der Waals surface area contributed by atoms with E-state index < -0.39 is 0 Å². The quantitative estimate of drug-likeness (QED) is 0.536. The molecule has 15 heavy (non-hydrogen) atoms. The molecule has 0 aromatic heterocycles. The predicted octanol–water partition coefficient (Wildman–Crippen LogP) is 0.983. The van der Waals surface area contributed by atoms with E-state index >= 15 is 0 Å². The molecule has 1 aliphatic rings. The van der Waals surface area contributed by atoms with Crippen LogP contribution in [0.1, 0.15) is 0 Å². The van der Waals surface area contributed by atoms with Crippen LogP contribution in [0.2, 0.25) is 0 Å². The van der Waals surface area contributed by atoms with Gasteiger partial charge >= 0.3 is 95.8 Å². The summed E-state index contributed by atoms with van der Waals surface area (Å²) in [6.07, 6.45) is 0. The van der Waals surface area contributed by atoms with Gasteiger partial charge < -0.3 is 0 Å². The van der Waals surface area contributed by atoms with Gasteiger partial charge in [-0.25, -0.2) is 0 Å². The molecule has 0 bridgehead atoms. The third kappa shape index (κ3) is 2.18. The summed E-state index contributed by atoms with van der Waals surface area (Å²) in [6.45, 7) is 0. The average Bonchev–Trinajstić information content (AvgIpc) is 2.26. The zero-order chi connectivity index (χ0) is 9.38. The Balaban J connectivity index is 0.000000853. The van der Waals surface area contributed by atoms with E-state index in [4.69, 9.17) is 0 Å². The Morgan fingerprint density at radius 1 is 0.600 bits per heavy atom. The van der Waals surface area contributed by atoms with Crippen molar-refractivity contribution >= 4 is 51.7 Å². The maximum atomic E-state index is 2.31.